The third-order valence-electron chi connectivity index (χ3n) is 1.31. The van der Waals surface area contributed by atoms with E-state index in [1.165, 1.54) is 11.1 Å². The van der Waals surface area contributed by atoms with Gasteiger partial charge in [0, 0.05) is 32.7 Å². The molecule has 0 atom stereocenters. The van der Waals surface area contributed by atoms with Crippen LogP contribution in [-0.2, 0) is 32.7 Å². The molecule has 0 aromatic rings. The second-order valence-corrected chi connectivity index (χ2v) is 1.75. The van der Waals surface area contributed by atoms with Crippen molar-refractivity contribution in [2.45, 2.75) is 27.7 Å². The van der Waals surface area contributed by atoms with Crippen LogP contribution in [0.15, 0.2) is 11.1 Å². The van der Waals surface area contributed by atoms with E-state index in [0.717, 1.165) is 0 Å². The van der Waals surface area contributed by atoms with Crippen LogP contribution < -0.4 is 0 Å². The molecular formula is C8H12Y-2. The van der Waals surface area contributed by atoms with Crippen molar-refractivity contribution in [3.05, 3.63) is 23.3 Å². The molecule has 0 nitrogen and oxygen atoms in total. The Hall–Kier alpha value is 0.584. The molecular weight excluding hydrogens is 185 g/mol. The summed E-state index contributed by atoms with van der Waals surface area (Å²) in [5.74, 6) is 0. The summed E-state index contributed by atoms with van der Waals surface area (Å²) in [5.41, 5.74) is 2.38. The molecule has 0 aromatic carbocycles. The Kier molecular flexibility index (Phi) is 9.14. The van der Waals surface area contributed by atoms with Gasteiger partial charge in [-0.2, -0.15) is 0 Å². The van der Waals surface area contributed by atoms with Crippen molar-refractivity contribution in [2.24, 2.45) is 0 Å². The zero-order valence-electron chi connectivity index (χ0n) is 6.58. The molecule has 1 radical (unpaired) electrons. The minimum Gasteiger partial charge on any atom is -0.376 e. The molecule has 1 heteroatoms. The van der Waals surface area contributed by atoms with E-state index in [2.05, 4.69) is 12.2 Å². The molecule has 49 valence electrons. The van der Waals surface area contributed by atoms with Crippen molar-refractivity contribution in [1.82, 2.24) is 0 Å². The second kappa shape index (κ2) is 6.70. The van der Waals surface area contributed by atoms with Gasteiger partial charge in [0.15, 0.2) is 0 Å². The number of rotatable bonds is 1. The average molecular weight is 197 g/mol. The van der Waals surface area contributed by atoms with Crippen molar-refractivity contribution in [2.75, 3.05) is 0 Å². The fourth-order valence-electron chi connectivity index (χ4n) is 0.375. The minimum absolute atomic E-state index is 0. The maximum atomic E-state index is 3.03. The van der Waals surface area contributed by atoms with Gasteiger partial charge < -0.3 is 23.3 Å². The van der Waals surface area contributed by atoms with Crippen molar-refractivity contribution < 1.29 is 32.7 Å². The predicted octanol–water partition coefficient (Wildman–Crippen LogP) is 2.52. The topological polar surface area (TPSA) is 0 Å². The van der Waals surface area contributed by atoms with Crippen LogP contribution in [0.5, 0.6) is 0 Å². The second-order valence-electron chi connectivity index (χ2n) is 1.75. The summed E-state index contributed by atoms with van der Waals surface area (Å²) < 4.78 is 0. The van der Waals surface area contributed by atoms with Gasteiger partial charge in [-0.1, -0.05) is 0 Å². The SMILES string of the molecule is C[C-]=C(C)C(C)=[C-]C.[Y]. The van der Waals surface area contributed by atoms with Gasteiger partial charge in [-0.15, -0.1) is 27.7 Å². The van der Waals surface area contributed by atoms with Crippen LogP contribution in [0.1, 0.15) is 27.7 Å². The fourth-order valence-corrected chi connectivity index (χ4v) is 0.375. The molecule has 0 rings (SSSR count). The molecule has 0 aliphatic rings. The first-order valence-electron chi connectivity index (χ1n) is 2.75. The van der Waals surface area contributed by atoms with Gasteiger partial charge in [-0.25, -0.2) is 0 Å². The van der Waals surface area contributed by atoms with Gasteiger partial charge in [0.05, 0.1) is 0 Å². The Morgan fingerprint density at radius 1 is 0.889 bits per heavy atom. The third-order valence-corrected chi connectivity index (χ3v) is 1.31. The van der Waals surface area contributed by atoms with E-state index < -0.39 is 0 Å². The zero-order chi connectivity index (χ0) is 6.57. The monoisotopic (exact) mass is 197 g/mol. The summed E-state index contributed by atoms with van der Waals surface area (Å²) in [6.07, 6.45) is 6.07. The first-order chi connectivity index (χ1) is 3.72. The summed E-state index contributed by atoms with van der Waals surface area (Å²) in [6.45, 7) is 7.89. The van der Waals surface area contributed by atoms with Gasteiger partial charge >= 0.3 is 0 Å². The molecule has 0 aromatic heterocycles. The summed E-state index contributed by atoms with van der Waals surface area (Å²) in [6, 6.07) is 0. The summed E-state index contributed by atoms with van der Waals surface area (Å²) in [7, 11) is 0. The molecule has 0 bridgehead atoms. The van der Waals surface area contributed by atoms with Crippen LogP contribution in [0.4, 0.5) is 0 Å². The van der Waals surface area contributed by atoms with Gasteiger partial charge in [0.25, 0.3) is 0 Å². The first-order valence-corrected chi connectivity index (χ1v) is 2.75. The number of hydrogen-bond acceptors (Lipinski definition) is 0. The van der Waals surface area contributed by atoms with Gasteiger partial charge in [-0.3, -0.25) is 0 Å². The normalized spacial score (nSPS) is 12.9. The predicted molar refractivity (Wildman–Crippen MR) is 36.2 cm³/mol. The van der Waals surface area contributed by atoms with Crippen LogP contribution >= 0.6 is 0 Å². The molecule has 0 spiro atoms. The molecule has 0 aliphatic heterocycles. The van der Waals surface area contributed by atoms with E-state index in [1.807, 2.05) is 27.7 Å². The molecule has 0 fully saturated rings. The molecule has 0 heterocycles. The van der Waals surface area contributed by atoms with Crippen LogP contribution in [0.25, 0.3) is 0 Å². The van der Waals surface area contributed by atoms with Gasteiger partial charge in [0.2, 0.25) is 0 Å². The van der Waals surface area contributed by atoms with Crippen molar-refractivity contribution in [3.63, 3.8) is 0 Å². The fraction of sp³-hybridized carbons (Fsp3) is 0.500. The zero-order valence-corrected chi connectivity index (χ0v) is 9.42. The molecule has 9 heavy (non-hydrogen) atoms. The largest absolute Gasteiger partial charge is 0.376 e. The van der Waals surface area contributed by atoms with E-state index >= 15 is 0 Å². The van der Waals surface area contributed by atoms with E-state index in [1.54, 1.807) is 0 Å². The van der Waals surface area contributed by atoms with Crippen LogP contribution in [0.3, 0.4) is 0 Å². The maximum Gasteiger partial charge on any atom is 0 e. The van der Waals surface area contributed by atoms with Gasteiger partial charge in [-0.05, 0) is 0 Å². The van der Waals surface area contributed by atoms with Crippen LogP contribution in [0.2, 0.25) is 0 Å². The Morgan fingerprint density at radius 3 is 1.22 bits per heavy atom. The third kappa shape index (κ3) is 5.05. The Morgan fingerprint density at radius 2 is 1.11 bits per heavy atom. The maximum absolute atomic E-state index is 3.03. The quantitative estimate of drug-likeness (QED) is 0.447. The average Bonchev–Trinajstić information content (AvgIpc) is 1.84. The number of hydrogen-bond donors (Lipinski definition) is 0. The summed E-state index contributed by atoms with van der Waals surface area (Å²) in [5, 5.41) is 0. The standard InChI is InChI=1S/C8H12.Y/c1-5-7(3)8(4)6-2;/h1-4H3;/q-2;. The van der Waals surface area contributed by atoms with Crippen molar-refractivity contribution >= 4 is 0 Å². The molecule has 0 unspecified atom stereocenters. The molecule has 0 N–H and O–H groups in total. The van der Waals surface area contributed by atoms with Gasteiger partial charge in [0.1, 0.15) is 0 Å². The molecule has 0 saturated carbocycles. The Labute approximate surface area is 83.3 Å². The van der Waals surface area contributed by atoms with E-state index in [9.17, 15) is 0 Å². The Bertz CT molecular complexity index is 105. The molecule has 0 aliphatic carbocycles. The summed E-state index contributed by atoms with van der Waals surface area (Å²) in [4.78, 5) is 0. The van der Waals surface area contributed by atoms with Crippen molar-refractivity contribution in [1.29, 1.82) is 0 Å². The van der Waals surface area contributed by atoms with Crippen LogP contribution in [-0.4, -0.2) is 0 Å². The molecule has 0 saturated heterocycles. The van der Waals surface area contributed by atoms with Crippen LogP contribution in [0, 0.1) is 12.2 Å². The minimum atomic E-state index is 0. The number of allylic oxidation sites excluding steroid dienone is 4. The Balaban J connectivity index is 0. The smallest absolute Gasteiger partial charge is 0 e. The van der Waals surface area contributed by atoms with E-state index in [0.29, 0.717) is 0 Å². The summed E-state index contributed by atoms with van der Waals surface area (Å²) >= 11 is 0. The first kappa shape index (κ1) is 12.3. The molecule has 0 amide bonds. The van der Waals surface area contributed by atoms with E-state index in [-0.39, 0.29) is 32.7 Å². The van der Waals surface area contributed by atoms with Crippen molar-refractivity contribution in [3.8, 4) is 0 Å². The van der Waals surface area contributed by atoms with E-state index in [4.69, 9.17) is 0 Å².